The van der Waals surface area contributed by atoms with E-state index in [9.17, 15) is 0 Å². The molecule has 0 unspecified atom stereocenters. The maximum Gasteiger partial charge on any atom is 0.203 e. The third-order valence-corrected chi connectivity index (χ3v) is 3.61. The smallest absolute Gasteiger partial charge is 0.203 e. The summed E-state index contributed by atoms with van der Waals surface area (Å²) in [7, 11) is 4.88. The average molecular weight is 281 g/mol. The second-order valence-corrected chi connectivity index (χ2v) is 5.65. The average Bonchev–Trinajstić information content (AvgIpc) is 2.45. The lowest BCUT2D eigenvalue weighted by Gasteiger charge is -2.23. The van der Waals surface area contributed by atoms with E-state index in [4.69, 9.17) is 14.2 Å². The van der Waals surface area contributed by atoms with Gasteiger partial charge in [-0.3, -0.25) is 0 Å². The predicted octanol–water partition coefficient (Wildman–Crippen LogP) is 3.24. The summed E-state index contributed by atoms with van der Waals surface area (Å²) in [6.07, 6.45) is 1.15. The summed E-state index contributed by atoms with van der Waals surface area (Å²) < 4.78 is 16.0. The zero-order chi connectivity index (χ0) is 15.2. The van der Waals surface area contributed by atoms with Crippen LogP contribution in [0.1, 0.15) is 32.8 Å². The van der Waals surface area contributed by atoms with Gasteiger partial charge in [-0.25, -0.2) is 0 Å². The topological polar surface area (TPSA) is 39.7 Å². The summed E-state index contributed by atoms with van der Waals surface area (Å²) in [5.74, 6) is 2.02. The summed E-state index contributed by atoms with van der Waals surface area (Å²) in [6, 6.07) is 3.96. The molecule has 0 atom stereocenters. The monoisotopic (exact) mass is 281 g/mol. The van der Waals surface area contributed by atoms with Crippen molar-refractivity contribution in [1.29, 1.82) is 0 Å². The summed E-state index contributed by atoms with van der Waals surface area (Å²) in [6.45, 7) is 8.48. The lowest BCUT2D eigenvalue weighted by Crippen LogP contribution is -2.28. The molecule has 4 nitrogen and oxygen atoms in total. The first-order chi connectivity index (χ1) is 9.47. The van der Waals surface area contributed by atoms with Crippen LogP contribution in [0.5, 0.6) is 17.2 Å². The van der Waals surface area contributed by atoms with E-state index in [0.717, 1.165) is 25.1 Å². The standard InChI is InChI=1S/C16H27NO3/c1-7-16(2,3)11-17-10-12-8-13(18-4)15(20-6)14(9-12)19-5/h8-9,17H,7,10-11H2,1-6H3. The minimum atomic E-state index is 0.306. The largest absolute Gasteiger partial charge is 0.493 e. The lowest BCUT2D eigenvalue weighted by atomic mass is 9.90. The van der Waals surface area contributed by atoms with Crippen LogP contribution >= 0.6 is 0 Å². The molecule has 0 amide bonds. The fraction of sp³-hybridized carbons (Fsp3) is 0.625. The highest BCUT2D eigenvalue weighted by Gasteiger charge is 2.16. The molecule has 0 bridgehead atoms. The summed E-state index contributed by atoms with van der Waals surface area (Å²) in [4.78, 5) is 0. The van der Waals surface area contributed by atoms with Crippen LogP contribution in [0.15, 0.2) is 12.1 Å². The van der Waals surface area contributed by atoms with Crippen LogP contribution in [0, 0.1) is 5.41 Å². The molecule has 0 heterocycles. The van der Waals surface area contributed by atoms with Crippen LogP contribution in [0.2, 0.25) is 0 Å². The molecule has 114 valence electrons. The Morgan fingerprint density at radius 2 is 1.55 bits per heavy atom. The highest BCUT2D eigenvalue weighted by atomic mass is 16.5. The highest BCUT2D eigenvalue weighted by molar-refractivity contribution is 5.53. The Balaban J connectivity index is 2.81. The Hall–Kier alpha value is -1.42. The molecule has 0 aliphatic heterocycles. The fourth-order valence-corrected chi connectivity index (χ4v) is 1.91. The molecule has 0 spiro atoms. The van der Waals surface area contributed by atoms with Gasteiger partial charge in [0.05, 0.1) is 21.3 Å². The quantitative estimate of drug-likeness (QED) is 0.794. The van der Waals surface area contributed by atoms with Crippen molar-refractivity contribution in [2.24, 2.45) is 5.41 Å². The zero-order valence-electron chi connectivity index (χ0n) is 13.5. The molecule has 0 aliphatic rings. The molecule has 4 heteroatoms. The molecule has 1 aromatic carbocycles. The van der Waals surface area contributed by atoms with Gasteiger partial charge in [0.2, 0.25) is 5.75 Å². The van der Waals surface area contributed by atoms with E-state index in [1.807, 2.05) is 12.1 Å². The molecule has 0 fully saturated rings. The number of methoxy groups -OCH3 is 3. The summed E-state index contributed by atoms with van der Waals surface area (Å²) >= 11 is 0. The Labute approximate surface area is 122 Å². The van der Waals surface area contributed by atoms with Gasteiger partial charge in [-0.1, -0.05) is 20.8 Å². The summed E-state index contributed by atoms with van der Waals surface area (Å²) in [5, 5.41) is 3.48. The first-order valence-corrected chi connectivity index (χ1v) is 6.97. The number of ether oxygens (including phenoxy) is 3. The van der Waals surface area contributed by atoms with Gasteiger partial charge in [-0.05, 0) is 29.5 Å². The Morgan fingerprint density at radius 3 is 1.95 bits per heavy atom. The van der Waals surface area contributed by atoms with Gasteiger partial charge in [-0.2, -0.15) is 0 Å². The normalized spacial score (nSPS) is 11.3. The zero-order valence-corrected chi connectivity index (χ0v) is 13.5. The Morgan fingerprint density at radius 1 is 1.00 bits per heavy atom. The lowest BCUT2D eigenvalue weighted by molar-refractivity contribution is 0.320. The van der Waals surface area contributed by atoms with Crippen molar-refractivity contribution >= 4 is 0 Å². The van der Waals surface area contributed by atoms with Gasteiger partial charge < -0.3 is 19.5 Å². The third kappa shape index (κ3) is 4.30. The first kappa shape index (κ1) is 16.6. The number of rotatable bonds is 8. The first-order valence-electron chi connectivity index (χ1n) is 6.97. The van der Waals surface area contributed by atoms with Gasteiger partial charge in [0.1, 0.15) is 0 Å². The molecule has 20 heavy (non-hydrogen) atoms. The van der Waals surface area contributed by atoms with Gasteiger partial charge >= 0.3 is 0 Å². The van der Waals surface area contributed by atoms with E-state index in [2.05, 4.69) is 26.1 Å². The second-order valence-electron chi connectivity index (χ2n) is 5.65. The molecular formula is C16H27NO3. The van der Waals surface area contributed by atoms with Crippen LogP contribution in [-0.2, 0) is 6.54 Å². The molecule has 0 aliphatic carbocycles. The molecule has 1 N–H and O–H groups in total. The van der Waals surface area contributed by atoms with Crippen molar-refractivity contribution in [3.63, 3.8) is 0 Å². The van der Waals surface area contributed by atoms with Crippen molar-refractivity contribution in [3.8, 4) is 17.2 Å². The van der Waals surface area contributed by atoms with Crippen LogP contribution < -0.4 is 19.5 Å². The van der Waals surface area contributed by atoms with E-state index in [1.165, 1.54) is 0 Å². The van der Waals surface area contributed by atoms with Crippen LogP contribution in [0.4, 0.5) is 0 Å². The molecule has 1 rings (SSSR count). The molecule has 0 saturated carbocycles. The van der Waals surface area contributed by atoms with Crippen molar-refractivity contribution in [1.82, 2.24) is 5.32 Å². The Kier molecular flexibility index (Phi) is 6.14. The molecular weight excluding hydrogens is 254 g/mol. The molecule has 0 saturated heterocycles. The Bertz CT molecular complexity index is 405. The molecule has 0 radical (unpaired) electrons. The summed E-state index contributed by atoms with van der Waals surface area (Å²) in [5.41, 5.74) is 1.42. The number of benzene rings is 1. The van der Waals surface area contributed by atoms with Crippen LogP contribution in [0.25, 0.3) is 0 Å². The van der Waals surface area contributed by atoms with Crippen molar-refractivity contribution < 1.29 is 14.2 Å². The number of hydrogen-bond acceptors (Lipinski definition) is 4. The van der Waals surface area contributed by atoms with Gasteiger partial charge in [0.15, 0.2) is 11.5 Å². The molecule has 1 aromatic rings. The van der Waals surface area contributed by atoms with Crippen LogP contribution in [-0.4, -0.2) is 27.9 Å². The van der Waals surface area contributed by atoms with Crippen LogP contribution in [0.3, 0.4) is 0 Å². The highest BCUT2D eigenvalue weighted by Crippen LogP contribution is 2.38. The maximum atomic E-state index is 5.36. The van der Waals surface area contributed by atoms with Crippen molar-refractivity contribution in [2.45, 2.75) is 33.7 Å². The molecule has 0 aromatic heterocycles. The maximum absolute atomic E-state index is 5.36. The SMILES string of the molecule is CCC(C)(C)CNCc1cc(OC)c(OC)c(OC)c1. The van der Waals surface area contributed by atoms with E-state index >= 15 is 0 Å². The van der Waals surface area contributed by atoms with Crippen molar-refractivity contribution in [3.05, 3.63) is 17.7 Å². The fourth-order valence-electron chi connectivity index (χ4n) is 1.91. The van der Waals surface area contributed by atoms with E-state index in [0.29, 0.717) is 22.7 Å². The van der Waals surface area contributed by atoms with E-state index in [1.54, 1.807) is 21.3 Å². The predicted molar refractivity (Wildman–Crippen MR) is 81.9 cm³/mol. The van der Waals surface area contributed by atoms with Crippen molar-refractivity contribution in [2.75, 3.05) is 27.9 Å². The van der Waals surface area contributed by atoms with Gasteiger partial charge in [0.25, 0.3) is 0 Å². The number of hydrogen-bond donors (Lipinski definition) is 1. The minimum Gasteiger partial charge on any atom is -0.493 e. The van der Waals surface area contributed by atoms with E-state index in [-0.39, 0.29) is 0 Å². The van der Waals surface area contributed by atoms with Gasteiger partial charge in [0, 0.05) is 13.1 Å². The number of nitrogens with one attached hydrogen (secondary N) is 1. The van der Waals surface area contributed by atoms with Gasteiger partial charge in [-0.15, -0.1) is 0 Å². The third-order valence-electron chi connectivity index (χ3n) is 3.61. The second kappa shape index (κ2) is 7.39. The minimum absolute atomic E-state index is 0.306. The van der Waals surface area contributed by atoms with E-state index < -0.39 is 0 Å².